The number of hydrogen-bond donors (Lipinski definition) is 1. The Morgan fingerprint density at radius 3 is 1.77 bits per heavy atom. The van der Waals surface area contributed by atoms with Crippen molar-refractivity contribution >= 4 is 98.8 Å². The van der Waals surface area contributed by atoms with Crippen molar-refractivity contribution in [2.45, 2.75) is 6.17 Å². The van der Waals surface area contributed by atoms with Gasteiger partial charge >= 0.3 is 0 Å². The molecule has 1 unspecified atom stereocenters. The number of nitrogens with one attached hydrogen (secondary N) is 1. The number of rotatable bonds is 5. The average Bonchev–Trinajstić information content (AvgIpc) is 4.01. The molecule has 0 bridgehead atoms. The third-order valence-electron chi connectivity index (χ3n) is 13.3. The maximum atomic E-state index is 6.83. The first-order chi connectivity index (χ1) is 32.2. The highest BCUT2D eigenvalue weighted by Gasteiger charge is 2.28. The first kappa shape index (κ1) is 35.8. The number of aromatic nitrogens is 2. The third-order valence-corrected chi connectivity index (χ3v) is 13.3. The van der Waals surface area contributed by atoms with Crippen LogP contribution in [0.4, 0.5) is 0 Å². The largest absolute Gasteiger partial charge is 0.456 e. The van der Waals surface area contributed by atoms with Crippen molar-refractivity contribution in [1.82, 2.24) is 14.5 Å². The molecule has 10 aromatic carbocycles. The van der Waals surface area contributed by atoms with Gasteiger partial charge in [-0.05, 0) is 93.8 Å². The molecule has 0 fully saturated rings. The van der Waals surface area contributed by atoms with Crippen molar-refractivity contribution in [2.75, 3.05) is 0 Å². The highest BCUT2D eigenvalue weighted by atomic mass is 16.3. The molecule has 0 aliphatic carbocycles. The van der Waals surface area contributed by atoms with Crippen molar-refractivity contribution in [3.05, 3.63) is 229 Å². The van der Waals surface area contributed by atoms with E-state index in [2.05, 4.69) is 221 Å². The van der Waals surface area contributed by atoms with E-state index in [9.17, 15) is 0 Å². The first-order valence-electron chi connectivity index (χ1n) is 22.1. The first-order valence-corrected chi connectivity index (χ1v) is 22.1. The van der Waals surface area contributed by atoms with E-state index in [4.69, 9.17) is 14.4 Å². The van der Waals surface area contributed by atoms with E-state index in [0.29, 0.717) is 5.84 Å². The Morgan fingerprint density at radius 2 is 1.02 bits per heavy atom. The lowest BCUT2D eigenvalue weighted by molar-refractivity contribution is 0.668. The van der Waals surface area contributed by atoms with Gasteiger partial charge in [-0.25, -0.2) is 9.98 Å². The highest BCUT2D eigenvalue weighted by molar-refractivity contribution is 6.23. The number of fused-ring (bicyclic) bond motifs is 11. The standard InChI is InChI=1S/C59H37N5O/c1-3-15-36(16-4-1)57-60-58(41-27-28-45-43-23-11-13-25-49(43)63(51(45)34-41)42-21-5-2-6-22-42)62-59(61-57)46-29-30-53-55(48-32-38-18-8-10-20-40(38)35-54(48)65-53)56(46)64-50-26-14-12-24-44(50)47-31-37-17-7-9-19-39(37)33-52(47)64/h1-35,57H,(H,60,61,62). The summed E-state index contributed by atoms with van der Waals surface area (Å²) in [5.74, 6) is 1.38. The third kappa shape index (κ3) is 5.47. The fraction of sp³-hybridized carbons (Fsp3) is 0.0169. The molecule has 1 N–H and O–H groups in total. The Balaban J connectivity index is 1.07. The van der Waals surface area contributed by atoms with Crippen LogP contribution in [0.5, 0.6) is 0 Å². The Hall–Kier alpha value is -8.74. The van der Waals surface area contributed by atoms with E-state index in [1.165, 1.54) is 32.3 Å². The van der Waals surface area contributed by atoms with Gasteiger partial charge < -0.3 is 18.9 Å². The van der Waals surface area contributed by atoms with E-state index in [1.54, 1.807) is 0 Å². The van der Waals surface area contributed by atoms with Crippen LogP contribution in [-0.4, -0.2) is 20.8 Å². The van der Waals surface area contributed by atoms with Gasteiger partial charge in [0.25, 0.3) is 0 Å². The highest BCUT2D eigenvalue weighted by Crippen LogP contribution is 2.43. The molecule has 6 heteroatoms. The second kappa shape index (κ2) is 13.9. The van der Waals surface area contributed by atoms with Crippen LogP contribution in [-0.2, 0) is 0 Å². The van der Waals surface area contributed by atoms with Crippen molar-refractivity contribution < 1.29 is 4.42 Å². The lowest BCUT2D eigenvalue weighted by Gasteiger charge is -2.25. The van der Waals surface area contributed by atoms with E-state index in [1.807, 2.05) is 6.07 Å². The fourth-order valence-electron chi connectivity index (χ4n) is 10.3. The quantitative estimate of drug-likeness (QED) is 0.188. The van der Waals surface area contributed by atoms with Crippen LogP contribution in [0.1, 0.15) is 22.9 Å². The molecule has 304 valence electrons. The molecule has 4 heterocycles. The average molecular weight is 832 g/mol. The number of furan rings is 1. The van der Waals surface area contributed by atoms with Gasteiger partial charge in [0.05, 0.1) is 33.1 Å². The van der Waals surface area contributed by atoms with Gasteiger partial charge in [-0.2, -0.15) is 0 Å². The van der Waals surface area contributed by atoms with Crippen LogP contribution in [0, 0.1) is 0 Å². The van der Waals surface area contributed by atoms with Gasteiger partial charge in [0.1, 0.15) is 23.2 Å². The minimum Gasteiger partial charge on any atom is -0.456 e. The fourth-order valence-corrected chi connectivity index (χ4v) is 10.3. The summed E-state index contributed by atoms with van der Waals surface area (Å²) in [5.41, 5.74) is 11.1. The van der Waals surface area contributed by atoms with Gasteiger partial charge in [-0.3, -0.25) is 0 Å². The predicted octanol–water partition coefficient (Wildman–Crippen LogP) is 14.6. The minimum absolute atomic E-state index is 0.412. The molecule has 0 amide bonds. The van der Waals surface area contributed by atoms with Gasteiger partial charge in [0.2, 0.25) is 0 Å². The number of amidine groups is 2. The van der Waals surface area contributed by atoms with Crippen molar-refractivity contribution in [1.29, 1.82) is 0 Å². The molecule has 0 radical (unpaired) electrons. The van der Waals surface area contributed by atoms with Crippen molar-refractivity contribution in [3.8, 4) is 11.4 Å². The zero-order valence-electron chi connectivity index (χ0n) is 35.0. The molecule has 6 nitrogen and oxygen atoms in total. The van der Waals surface area contributed by atoms with Crippen molar-refractivity contribution in [3.63, 3.8) is 0 Å². The SMILES string of the molecule is c1ccc(C2N=C(c3ccc4c5ccccc5n(-c5ccccc5)c4c3)N=C(c3ccc4oc5cc6ccccc6cc5c4c3-n3c4ccccc4c4cc5ccccc5cc43)N2)cc1. The van der Waals surface area contributed by atoms with E-state index in [-0.39, 0.29) is 0 Å². The molecule has 1 atom stereocenters. The molecule has 1 aliphatic heterocycles. The lowest BCUT2D eigenvalue weighted by Crippen LogP contribution is -2.34. The normalized spacial score (nSPS) is 14.3. The molecule has 1 aliphatic rings. The van der Waals surface area contributed by atoms with Crippen LogP contribution in [0.3, 0.4) is 0 Å². The van der Waals surface area contributed by atoms with E-state index in [0.717, 1.165) is 88.7 Å². The molecular formula is C59H37N5O. The van der Waals surface area contributed by atoms with Gasteiger partial charge in [0, 0.05) is 43.7 Å². The second-order valence-corrected chi connectivity index (χ2v) is 17.0. The summed E-state index contributed by atoms with van der Waals surface area (Å²) >= 11 is 0. The van der Waals surface area contributed by atoms with Crippen molar-refractivity contribution in [2.24, 2.45) is 9.98 Å². The van der Waals surface area contributed by atoms with Crippen LogP contribution in [0.15, 0.2) is 227 Å². The number of hydrogen-bond acceptors (Lipinski definition) is 4. The summed E-state index contributed by atoms with van der Waals surface area (Å²) < 4.78 is 11.6. The topological polar surface area (TPSA) is 59.8 Å². The van der Waals surface area contributed by atoms with E-state index < -0.39 is 6.17 Å². The molecule has 0 saturated carbocycles. The summed E-state index contributed by atoms with van der Waals surface area (Å²) in [6.45, 7) is 0. The van der Waals surface area contributed by atoms with Crippen LogP contribution in [0.25, 0.3) is 98.5 Å². The molecule has 14 rings (SSSR count). The number of aliphatic imine (C=N–C) groups is 2. The maximum Gasteiger partial charge on any atom is 0.159 e. The molecule has 65 heavy (non-hydrogen) atoms. The number of para-hydroxylation sites is 3. The Bertz CT molecular complexity index is 4150. The zero-order chi connectivity index (χ0) is 42.6. The minimum atomic E-state index is -0.412. The van der Waals surface area contributed by atoms with Crippen LogP contribution in [0.2, 0.25) is 0 Å². The molecule has 0 spiro atoms. The van der Waals surface area contributed by atoms with Gasteiger partial charge in [0.15, 0.2) is 5.84 Å². The summed E-state index contributed by atoms with van der Waals surface area (Å²) in [7, 11) is 0. The Morgan fingerprint density at radius 1 is 0.431 bits per heavy atom. The van der Waals surface area contributed by atoms with Gasteiger partial charge in [-0.1, -0.05) is 146 Å². The number of benzene rings is 10. The molecular weight excluding hydrogens is 795 g/mol. The van der Waals surface area contributed by atoms with Crippen LogP contribution >= 0.6 is 0 Å². The molecule has 3 aromatic heterocycles. The smallest absolute Gasteiger partial charge is 0.159 e. The Kier molecular flexibility index (Phi) is 7.65. The summed E-state index contributed by atoms with van der Waals surface area (Å²) in [5, 5.41) is 15.3. The summed E-state index contributed by atoms with van der Waals surface area (Å²) in [4.78, 5) is 11.0. The van der Waals surface area contributed by atoms with Gasteiger partial charge in [-0.15, -0.1) is 0 Å². The maximum absolute atomic E-state index is 6.83. The number of nitrogens with zero attached hydrogens (tertiary/aromatic N) is 4. The molecule has 0 saturated heterocycles. The predicted molar refractivity (Wildman–Crippen MR) is 269 cm³/mol. The van der Waals surface area contributed by atoms with Crippen LogP contribution < -0.4 is 5.32 Å². The zero-order valence-corrected chi connectivity index (χ0v) is 35.0. The molecule has 13 aromatic rings. The lowest BCUT2D eigenvalue weighted by atomic mass is 10.0. The van der Waals surface area contributed by atoms with E-state index >= 15 is 0 Å². The monoisotopic (exact) mass is 831 g/mol. The summed E-state index contributed by atoms with van der Waals surface area (Å²) in [6, 6.07) is 75.6. The second-order valence-electron chi connectivity index (χ2n) is 17.0. The summed E-state index contributed by atoms with van der Waals surface area (Å²) in [6.07, 6.45) is -0.412. The Labute approximate surface area is 372 Å².